The molecule has 0 aliphatic rings. The van der Waals surface area contributed by atoms with Crippen LogP contribution in [0, 0.1) is 5.82 Å². The van der Waals surface area contributed by atoms with Gasteiger partial charge in [0.2, 0.25) is 0 Å². The van der Waals surface area contributed by atoms with Crippen molar-refractivity contribution in [2.45, 2.75) is 6.61 Å². The summed E-state index contributed by atoms with van der Waals surface area (Å²) < 4.78 is 17.7. The molecule has 22 heavy (non-hydrogen) atoms. The van der Waals surface area contributed by atoms with Crippen LogP contribution in [0.4, 0.5) is 4.39 Å². The summed E-state index contributed by atoms with van der Waals surface area (Å²) in [5.41, 5.74) is 1.57. The van der Waals surface area contributed by atoms with Gasteiger partial charge in [0.25, 0.3) is 5.78 Å². The molecule has 3 aromatic rings. The Labute approximate surface area is 125 Å². The normalized spacial score (nSPS) is 10.6. The van der Waals surface area contributed by atoms with Crippen molar-refractivity contribution in [2.24, 2.45) is 0 Å². The molecule has 0 saturated carbocycles. The van der Waals surface area contributed by atoms with Crippen molar-refractivity contribution in [3.8, 4) is 0 Å². The van der Waals surface area contributed by atoms with Crippen LogP contribution in [0.5, 0.6) is 0 Å². The molecule has 0 bridgehead atoms. The summed E-state index contributed by atoms with van der Waals surface area (Å²) in [6.45, 7) is -0.0783. The number of aromatic amines is 1. The molecule has 0 spiro atoms. The predicted octanol–water partition coefficient (Wildman–Crippen LogP) is 3.23. The molecule has 0 amide bonds. The molecular formula is C17H12FNO3. The minimum atomic E-state index is -0.948. The Balaban J connectivity index is 1.68. The molecule has 1 heterocycles. The summed E-state index contributed by atoms with van der Waals surface area (Å²) in [5, 5.41) is 0.845. The Morgan fingerprint density at radius 3 is 2.50 bits per heavy atom. The van der Waals surface area contributed by atoms with Gasteiger partial charge in [0, 0.05) is 10.9 Å². The number of ketones is 1. The topological polar surface area (TPSA) is 59.2 Å². The van der Waals surface area contributed by atoms with Gasteiger partial charge < -0.3 is 9.72 Å². The third kappa shape index (κ3) is 2.88. The summed E-state index contributed by atoms with van der Waals surface area (Å²) in [6.07, 6.45) is 0. The summed E-state index contributed by atoms with van der Waals surface area (Å²) in [6, 6.07) is 14.5. The number of benzene rings is 2. The highest BCUT2D eigenvalue weighted by atomic mass is 19.1. The fourth-order valence-corrected chi connectivity index (χ4v) is 2.10. The van der Waals surface area contributed by atoms with E-state index in [9.17, 15) is 14.0 Å². The van der Waals surface area contributed by atoms with E-state index in [2.05, 4.69) is 4.98 Å². The molecule has 110 valence electrons. The maximum absolute atomic E-state index is 12.8. The maximum atomic E-state index is 12.8. The van der Waals surface area contributed by atoms with Gasteiger partial charge in [0.15, 0.2) is 0 Å². The van der Waals surface area contributed by atoms with Crippen molar-refractivity contribution in [3.63, 3.8) is 0 Å². The fraction of sp³-hybridized carbons (Fsp3) is 0.0588. The lowest BCUT2D eigenvalue weighted by atomic mass is 10.2. The van der Waals surface area contributed by atoms with Gasteiger partial charge >= 0.3 is 5.97 Å². The number of esters is 1. The molecule has 0 radical (unpaired) electrons. The van der Waals surface area contributed by atoms with E-state index in [0.29, 0.717) is 5.56 Å². The minimum absolute atomic E-state index is 0.0783. The number of nitrogens with one attached hydrogen (secondary N) is 1. The lowest BCUT2D eigenvalue weighted by molar-refractivity contribution is -0.139. The highest BCUT2D eigenvalue weighted by molar-refractivity contribution is 6.40. The maximum Gasteiger partial charge on any atom is 0.381 e. The molecule has 1 N–H and O–H groups in total. The van der Waals surface area contributed by atoms with Crippen molar-refractivity contribution in [2.75, 3.05) is 0 Å². The first-order valence-corrected chi connectivity index (χ1v) is 6.67. The van der Waals surface area contributed by atoms with Crippen LogP contribution in [-0.4, -0.2) is 16.7 Å². The van der Waals surface area contributed by atoms with Crippen molar-refractivity contribution in [3.05, 3.63) is 71.7 Å². The number of rotatable bonds is 4. The van der Waals surface area contributed by atoms with Crippen LogP contribution >= 0.6 is 0 Å². The van der Waals surface area contributed by atoms with Crippen LogP contribution in [0.3, 0.4) is 0 Å². The summed E-state index contributed by atoms with van der Waals surface area (Å²) in [4.78, 5) is 26.7. The molecule has 1 aromatic heterocycles. The van der Waals surface area contributed by atoms with Crippen molar-refractivity contribution >= 4 is 22.7 Å². The van der Waals surface area contributed by atoms with Crippen LogP contribution in [0.25, 0.3) is 10.9 Å². The van der Waals surface area contributed by atoms with Gasteiger partial charge in [-0.2, -0.15) is 0 Å². The standard InChI is InChI=1S/C17H12FNO3/c18-13-7-5-11(6-8-13)10-22-17(21)16(20)15-9-12-3-1-2-4-14(12)19-15/h1-9,19H,10H2. The summed E-state index contributed by atoms with van der Waals surface area (Å²) in [5.74, 6) is -2.06. The average molecular weight is 297 g/mol. The van der Waals surface area contributed by atoms with Crippen LogP contribution in [-0.2, 0) is 16.1 Å². The van der Waals surface area contributed by atoms with E-state index in [0.717, 1.165) is 10.9 Å². The number of aromatic nitrogens is 1. The monoisotopic (exact) mass is 297 g/mol. The Bertz CT molecular complexity index is 803. The van der Waals surface area contributed by atoms with Gasteiger partial charge in [-0.25, -0.2) is 9.18 Å². The van der Waals surface area contributed by atoms with E-state index >= 15 is 0 Å². The molecule has 0 atom stereocenters. The Hall–Kier alpha value is -2.95. The average Bonchev–Trinajstić information content (AvgIpc) is 2.97. The van der Waals surface area contributed by atoms with Gasteiger partial charge in [0.1, 0.15) is 12.4 Å². The molecule has 0 aliphatic heterocycles. The number of halogens is 1. The minimum Gasteiger partial charge on any atom is -0.455 e. The highest BCUT2D eigenvalue weighted by Crippen LogP contribution is 2.15. The lowest BCUT2D eigenvalue weighted by Gasteiger charge is -2.03. The van der Waals surface area contributed by atoms with Crippen molar-refractivity contribution in [1.82, 2.24) is 4.98 Å². The number of para-hydroxylation sites is 1. The second kappa shape index (κ2) is 5.81. The zero-order valence-corrected chi connectivity index (χ0v) is 11.5. The summed E-state index contributed by atoms with van der Waals surface area (Å²) in [7, 11) is 0. The van der Waals surface area contributed by atoms with Gasteiger partial charge in [0.05, 0.1) is 5.69 Å². The highest BCUT2D eigenvalue weighted by Gasteiger charge is 2.20. The molecule has 4 nitrogen and oxygen atoms in total. The SMILES string of the molecule is O=C(OCc1ccc(F)cc1)C(=O)c1cc2ccccc2[nH]1. The number of Topliss-reactive ketones (excluding diaryl/α,β-unsaturated/α-hetero) is 1. The Kier molecular flexibility index (Phi) is 3.70. The van der Waals surface area contributed by atoms with Gasteiger partial charge in [-0.15, -0.1) is 0 Å². The molecule has 0 saturated heterocycles. The molecule has 0 aliphatic carbocycles. The zero-order valence-electron chi connectivity index (χ0n) is 11.5. The first-order valence-electron chi connectivity index (χ1n) is 6.67. The number of carbonyl (C=O) groups excluding carboxylic acids is 2. The van der Waals surface area contributed by atoms with Gasteiger partial charge in [-0.1, -0.05) is 30.3 Å². The Morgan fingerprint density at radius 1 is 1.05 bits per heavy atom. The summed E-state index contributed by atoms with van der Waals surface area (Å²) >= 11 is 0. The molecular weight excluding hydrogens is 285 g/mol. The second-order valence-electron chi connectivity index (χ2n) is 4.80. The molecule has 3 rings (SSSR count). The number of hydrogen-bond acceptors (Lipinski definition) is 3. The third-order valence-corrected chi connectivity index (χ3v) is 3.24. The number of carbonyl (C=O) groups is 2. The molecule has 5 heteroatoms. The van der Waals surface area contributed by atoms with E-state index in [-0.39, 0.29) is 18.1 Å². The number of ether oxygens (including phenoxy) is 1. The predicted molar refractivity (Wildman–Crippen MR) is 78.8 cm³/mol. The molecule has 0 unspecified atom stereocenters. The van der Waals surface area contributed by atoms with E-state index in [1.165, 1.54) is 24.3 Å². The fourth-order valence-electron chi connectivity index (χ4n) is 2.10. The largest absolute Gasteiger partial charge is 0.455 e. The Morgan fingerprint density at radius 2 is 1.77 bits per heavy atom. The number of fused-ring (bicyclic) bond motifs is 1. The van der Waals surface area contributed by atoms with Crippen LogP contribution in [0.2, 0.25) is 0 Å². The molecule has 2 aromatic carbocycles. The van der Waals surface area contributed by atoms with Gasteiger partial charge in [-0.05, 0) is 29.8 Å². The van der Waals surface area contributed by atoms with E-state index < -0.39 is 11.8 Å². The number of hydrogen-bond donors (Lipinski definition) is 1. The zero-order chi connectivity index (χ0) is 15.5. The quantitative estimate of drug-likeness (QED) is 0.457. The van der Waals surface area contributed by atoms with E-state index in [4.69, 9.17) is 4.74 Å². The smallest absolute Gasteiger partial charge is 0.381 e. The van der Waals surface area contributed by atoms with Crippen LogP contribution in [0.15, 0.2) is 54.6 Å². The van der Waals surface area contributed by atoms with Gasteiger partial charge in [-0.3, -0.25) is 4.79 Å². The second-order valence-corrected chi connectivity index (χ2v) is 4.80. The number of H-pyrrole nitrogens is 1. The van der Waals surface area contributed by atoms with E-state index in [1.54, 1.807) is 6.07 Å². The first-order chi connectivity index (χ1) is 10.6. The first kappa shape index (κ1) is 14.0. The van der Waals surface area contributed by atoms with Crippen molar-refractivity contribution in [1.29, 1.82) is 0 Å². The van der Waals surface area contributed by atoms with Crippen LogP contribution < -0.4 is 0 Å². The third-order valence-electron chi connectivity index (χ3n) is 3.24. The van der Waals surface area contributed by atoms with E-state index in [1.807, 2.05) is 24.3 Å². The van der Waals surface area contributed by atoms with Crippen LogP contribution in [0.1, 0.15) is 16.1 Å². The molecule has 0 fully saturated rings. The lowest BCUT2D eigenvalue weighted by Crippen LogP contribution is -2.17. The van der Waals surface area contributed by atoms with Crippen molar-refractivity contribution < 1.29 is 18.7 Å².